The molecule has 3 nitrogen and oxygen atoms in total. The van der Waals surface area contributed by atoms with Crippen LogP contribution in [0.3, 0.4) is 0 Å². The number of aliphatic hydroxyl groups is 1. The van der Waals surface area contributed by atoms with Gasteiger partial charge in [-0.3, -0.25) is 4.79 Å². The van der Waals surface area contributed by atoms with Crippen LogP contribution in [0.25, 0.3) is 0 Å². The quantitative estimate of drug-likeness (QED) is 0.803. The van der Waals surface area contributed by atoms with Gasteiger partial charge in [0.05, 0.1) is 11.8 Å². The van der Waals surface area contributed by atoms with E-state index in [2.05, 4.69) is 5.32 Å². The Morgan fingerprint density at radius 2 is 2.10 bits per heavy atom. The minimum absolute atomic E-state index is 0.0700. The van der Waals surface area contributed by atoms with Crippen molar-refractivity contribution in [3.63, 3.8) is 0 Å². The molecule has 2 rings (SSSR count). The van der Waals surface area contributed by atoms with Crippen LogP contribution >= 0.6 is 23.1 Å². The molecule has 0 aliphatic heterocycles. The number of carbonyl (C=O) groups excluding carboxylic acids is 1. The van der Waals surface area contributed by atoms with Crippen molar-refractivity contribution in [1.29, 1.82) is 0 Å². The Morgan fingerprint density at radius 1 is 1.38 bits per heavy atom. The van der Waals surface area contributed by atoms with Gasteiger partial charge in [-0.05, 0) is 48.4 Å². The van der Waals surface area contributed by atoms with Crippen LogP contribution in [0, 0.1) is 0 Å². The summed E-state index contributed by atoms with van der Waals surface area (Å²) in [4.78, 5) is 13.2. The fourth-order valence-corrected chi connectivity index (χ4v) is 3.53. The van der Waals surface area contributed by atoms with Crippen molar-refractivity contribution < 1.29 is 9.90 Å². The van der Waals surface area contributed by atoms with Gasteiger partial charge < -0.3 is 10.4 Å². The summed E-state index contributed by atoms with van der Waals surface area (Å²) in [7, 11) is 0. The Bertz CT molecular complexity index is 567. The molecular formula is C16H19NO2S2. The van der Waals surface area contributed by atoms with E-state index in [4.69, 9.17) is 0 Å². The molecule has 1 amide bonds. The van der Waals surface area contributed by atoms with Gasteiger partial charge in [0.1, 0.15) is 5.60 Å². The molecule has 0 aliphatic carbocycles. The van der Waals surface area contributed by atoms with Crippen LogP contribution in [-0.4, -0.2) is 22.8 Å². The van der Waals surface area contributed by atoms with E-state index >= 15 is 0 Å². The molecule has 0 radical (unpaired) electrons. The first-order valence-corrected chi connectivity index (χ1v) is 8.56. The predicted octanol–water partition coefficient (Wildman–Crippen LogP) is 3.25. The minimum atomic E-state index is -1.03. The first kappa shape index (κ1) is 16.1. The van der Waals surface area contributed by atoms with Gasteiger partial charge >= 0.3 is 0 Å². The zero-order valence-electron chi connectivity index (χ0n) is 12.1. The Labute approximate surface area is 133 Å². The summed E-state index contributed by atoms with van der Waals surface area (Å²) in [5.41, 5.74) is -0.205. The molecule has 2 aromatic rings. The third-order valence-electron chi connectivity index (χ3n) is 3.18. The molecule has 21 heavy (non-hydrogen) atoms. The number of rotatable bonds is 6. The second-order valence-corrected chi connectivity index (χ2v) is 7.27. The van der Waals surface area contributed by atoms with Crippen molar-refractivity contribution in [1.82, 2.24) is 5.32 Å². The fourth-order valence-electron chi connectivity index (χ4n) is 1.83. The number of thioether (sulfide) groups is 1. The maximum Gasteiger partial charge on any atom is 0.233 e. The largest absolute Gasteiger partial charge is 0.384 e. The van der Waals surface area contributed by atoms with Gasteiger partial charge in [-0.15, -0.1) is 11.8 Å². The highest BCUT2D eigenvalue weighted by atomic mass is 32.2. The van der Waals surface area contributed by atoms with Gasteiger partial charge in [-0.2, -0.15) is 11.3 Å². The topological polar surface area (TPSA) is 49.3 Å². The summed E-state index contributed by atoms with van der Waals surface area (Å²) in [6.07, 6.45) is 0. The lowest BCUT2D eigenvalue weighted by atomic mass is 9.99. The molecule has 0 saturated carbocycles. The van der Waals surface area contributed by atoms with Crippen LogP contribution in [0.15, 0.2) is 52.1 Å². The van der Waals surface area contributed by atoms with Gasteiger partial charge in [0.2, 0.25) is 5.91 Å². The van der Waals surface area contributed by atoms with E-state index in [1.165, 1.54) is 23.1 Å². The Morgan fingerprint density at radius 3 is 2.71 bits per heavy atom. The summed E-state index contributed by atoms with van der Waals surface area (Å²) in [6, 6.07) is 11.7. The van der Waals surface area contributed by atoms with Gasteiger partial charge in [-0.25, -0.2) is 0 Å². The molecule has 0 saturated heterocycles. The summed E-state index contributed by atoms with van der Waals surface area (Å²) >= 11 is 3.04. The Hall–Kier alpha value is -1.30. The number of amides is 1. The van der Waals surface area contributed by atoms with Crippen molar-refractivity contribution >= 4 is 29.0 Å². The molecule has 112 valence electrons. The van der Waals surface area contributed by atoms with Crippen LogP contribution in [0.4, 0.5) is 0 Å². The number of carbonyl (C=O) groups is 1. The molecule has 0 fully saturated rings. The zero-order valence-corrected chi connectivity index (χ0v) is 13.7. The number of hydrogen-bond donors (Lipinski definition) is 2. The van der Waals surface area contributed by atoms with E-state index in [9.17, 15) is 9.90 Å². The molecule has 1 aromatic heterocycles. The molecule has 1 aromatic carbocycles. The molecular weight excluding hydrogens is 302 g/mol. The van der Waals surface area contributed by atoms with E-state index in [1.54, 1.807) is 6.92 Å². The zero-order chi connectivity index (χ0) is 15.3. The van der Waals surface area contributed by atoms with E-state index in [0.717, 1.165) is 10.5 Å². The molecule has 0 bridgehead atoms. The van der Waals surface area contributed by atoms with Crippen molar-refractivity contribution in [2.75, 3.05) is 6.54 Å². The molecule has 0 aliphatic rings. The van der Waals surface area contributed by atoms with Gasteiger partial charge in [0.25, 0.3) is 0 Å². The fraction of sp³-hybridized carbons (Fsp3) is 0.312. The van der Waals surface area contributed by atoms with Crippen molar-refractivity contribution in [2.45, 2.75) is 29.6 Å². The summed E-state index contributed by atoms with van der Waals surface area (Å²) in [6.45, 7) is 3.79. The molecule has 2 unspecified atom stereocenters. The van der Waals surface area contributed by atoms with Crippen LogP contribution in [0.2, 0.25) is 0 Å². The van der Waals surface area contributed by atoms with E-state index < -0.39 is 5.60 Å². The first-order chi connectivity index (χ1) is 9.99. The SMILES string of the molecule is CC(Sc1ccccc1)C(=O)NCC(C)(O)c1ccsc1. The Kier molecular flexibility index (Phi) is 5.45. The van der Waals surface area contributed by atoms with Crippen LogP contribution in [0.5, 0.6) is 0 Å². The van der Waals surface area contributed by atoms with Crippen LogP contribution < -0.4 is 5.32 Å². The smallest absolute Gasteiger partial charge is 0.233 e. The molecule has 1 heterocycles. The van der Waals surface area contributed by atoms with E-state index in [1.807, 2.05) is 54.1 Å². The van der Waals surface area contributed by atoms with Gasteiger partial charge in [-0.1, -0.05) is 18.2 Å². The molecule has 2 N–H and O–H groups in total. The third-order valence-corrected chi connectivity index (χ3v) is 4.97. The van der Waals surface area contributed by atoms with E-state index in [0.29, 0.717) is 0 Å². The normalized spacial score (nSPS) is 15.2. The maximum absolute atomic E-state index is 12.1. The Balaban J connectivity index is 1.87. The van der Waals surface area contributed by atoms with E-state index in [-0.39, 0.29) is 17.7 Å². The molecule has 0 spiro atoms. The highest BCUT2D eigenvalue weighted by Crippen LogP contribution is 2.24. The van der Waals surface area contributed by atoms with Crippen LogP contribution in [0.1, 0.15) is 19.4 Å². The summed E-state index contributed by atoms with van der Waals surface area (Å²) in [5, 5.41) is 16.8. The maximum atomic E-state index is 12.1. The van der Waals surface area contributed by atoms with Crippen LogP contribution in [-0.2, 0) is 10.4 Å². The van der Waals surface area contributed by atoms with Crippen molar-refractivity contribution in [3.05, 3.63) is 52.7 Å². The average molecular weight is 321 g/mol. The summed E-state index contributed by atoms with van der Waals surface area (Å²) in [5.74, 6) is -0.0700. The van der Waals surface area contributed by atoms with Crippen molar-refractivity contribution in [3.8, 4) is 0 Å². The summed E-state index contributed by atoms with van der Waals surface area (Å²) < 4.78 is 0. The predicted molar refractivity (Wildman–Crippen MR) is 88.7 cm³/mol. The second-order valence-electron chi connectivity index (χ2n) is 5.08. The highest BCUT2D eigenvalue weighted by molar-refractivity contribution is 8.00. The lowest BCUT2D eigenvalue weighted by Crippen LogP contribution is -2.41. The molecule has 5 heteroatoms. The highest BCUT2D eigenvalue weighted by Gasteiger charge is 2.25. The lowest BCUT2D eigenvalue weighted by molar-refractivity contribution is -0.121. The van der Waals surface area contributed by atoms with Crippen molar-refractivity contribution in [2.24, 2.45) is 0 Å². The lowest BCUT2D eigenvalue weighted by Gasteiger charge is -2.23. The standard InChI is InChI=1S/C16H19NO2S2/c1-12(21-14-6-4-3-5-7-14)15(18)17-11-16(2,19)13-8-9-20-10-13/h3-10,12,19H,11H2,1-2H3,(H,17,18). The monoisotopic (exact) mass is 321 g/mol. The van der Waals surface area contributed by atoms with Gasteiger partial charge in [0, 0.05) is 4.90 Å². The number of thiophene rings is 1. The second kappa shape index (κ2) is 7.11. The number of nitrogens with one attached hydrogen (secondary N) is 1. The van der Waals surface area contributed by atoms with Gasteiger partial charge in [0.15, 0.2) is 0 Å². The minimum Gasteiger partial charge on any atom is -0.384 e. The third kappa shape index (κ3) is 4.59. The first-order valence-electron chi connectivity index (χ1n) is 6.73. The molecule has 2 atom stereocenters. The number of benzene rings is 1. The average Bonchev–Trinajstić information content (AvgIpc) is 3.01. The number of hydrogen-bond acceptors (Lipinski definition) is 4.